The van der Waals surface area contributed by atoms with Crippen LogP contribution in [0.1, 0.15) is 25.3 Å². The normalized spacial score (nSPS) is 11.4. The second-order valence-electron chi connectivity index (χ2n) is 5.03. The van der Waals surface area contributed by atoms with Crippen LogP contribution in [0.2, 0.25) is 0 Å². The van der Waals surface area contributed by atoms with Gasteiger partial charge in [0.1, 0.15) is 5.01 Å². The highest BCUT2D eigenvalue weighted by Gasteiger charge is 2.10. The van der Waals surface area contributed by atoms with Crippen molar-refractivity contribution in [2.75, 3.05) is 11.1 Å². The summed E-state index contributed by atoms with van der Waals surface area (Å²) in [5.74, 6) is 0.00334. The van der Waals surface area contributed by atoms with E-state index in [-0.39, 0.29) is 18.2 Å². The zero-order valence-corrected chi connectivity index (χ0v) is 14.6. The number of carbonyl (C=O) groups excluding carboxylic acids is 1. The Morgan fingerprint density at radius 1 is 1.26 bits per heavy atom. The molecule has 6 nitrogen and oxygen atoms in total. The number of nitrogens with zero attached hydrogens (tertiary/aromatic N) is 1. The van der Waals surface area contributed by atoms with E-state index in [1.165, 1.54) is 18.3 Å². The van der Waals surface area contributed by atoms with Crippen LogP contribution in [0.5, 0.6) is 0 Å². The first-order chi connectivity index (χ1) is 10.9. The number of carbonyl (C=O) groups is 1. The average Bonchev–Trinajstić information content (AvgIpc) is 2.94. The van der Waals surface area contributed by atoms with Crippen molar-refractivity contribution in [3.05, 3.63) is 34.7 Å². The van der Waals surface area contributed by atoms with Gasteiger partial charge in [-0.3, -0.25) is 4.79 Å². The molecule has 124 valence electrons. The molecule has 1 aromatic heterocycles. The second kappa shape index (κ2) is 7.67. The lowest BCUT2D eigenvalue weighted by Gasteiger charge is -2.03. The Hall–Kier alpha value is -1.77. The molecule has 0 atom stereocenters. The first kappa shape index (κ1) is 17.6. The van der Waals surface area contributed by atoms with Crippen molar-refractivity contribution in [1.29, 1.82) is 0 Å². The zero-order valence-electron chi connectivity index (χ0n) is 13.0. The van der Waals surface area contributed by atoms with Crippen LogP contribution in [0.4, 0.5) is 5.69 Å². The van der Waals surface area contributed by atoms with E-state index in [4.69, 9.17) is 0 Å². The summed E-state index contributed by atoms with van der Waals surface area (Å²) >= 11 is 1.41. The number of benzene rings is 1. The summed E-state index contributed by atoms with van der Waals surface area (Å²) in [5.41, 5.74) is 2.43. The van der Waals surface area contributed by atoms with Crippen molar-refractivity contribution < 1.29 is 13.2 Å². The summed E-state index contributed by atoms with van der Waals surface area (Å²) in [5, 5.41) is 5.30. The highest BCUT2D eigenvalue weighted by atomic mass is 32.2. The van der Waals surface area contributed by atoms with Crippen molar-refractivity contribution in [3.63, 3.8) is 0 Å². The third-order valence-electron chi connectivity index (χ3n) is 2.97. The molecule has 0 fully saturated rings. The maximum atomic E-state index is 11.6. The van der Waals surface area contributed by atoms with Gasteiger partial charge in [0.05, 0.1) is 18.0 Å². The number of sulfonamides is 1. The van der Waals surface area contributed by atoms with Gasteiger partial charge in [0.2, 0.25) is 15.9 Å². The number of rotatable bonds is 7. The molecule has 2 rings (SSSR count). The van der Waals surface area contributed by atoms with E-state index in [0.29, 0.717) is 11.4 Å². The average molecular weight is 353 g/mol. The van der Waals surface area contributed by atoms with Crippen LogP contribution in [0.15, 0.2) is 29.6 Å². The number of thiazole rings is 1. The predicted octanol–water partition coefficient (Wildman–Crippen LogP) is 2.60. The fourth-order valence-corrected chi connectivity index (χ4v) is 3.84. The maximum Gasteiger partial charge on any atom is 0.221 e. The van der Waals surface area contributed by atoms with E-state index in [9.17, 15) is 13.2 Å². The molecule has 0 saturated heterocycles. The van der Waals surface area contributed by atoms with E-state index in [1.54, 1.807) is 12.1 Å². The van der Waals surface area contributed by atoms with Crippen LogP contribution in [0.3, 0.4) is 0 Å². The monoisotopic (exact) mass is 353 g/mol. The van der Waals surface area contributed by atoms with E-state index < -0.39 is 10.0 Å². The SMILES string of the molecule is CCCS(=O)(=O)NCc1nc(-c2ccc(NC(C)=O)cc2)cs1. The molecule has 0 saturated carbocycles. The Morgan fingerprint density at radius 2 is 1.96 bits per heavy atom. The quantitative estimate of drug-likeness (QED) is 0.801. The van der Waals surface area contributed by atoms with Crippen molar-refractivity contribution in [1.82, 2.24) is 9.71 Å². The van der Waals surface area contributed by atoms with Gasteiger partial charge in [-0.25, -0.2) is 18.1 Å². The summed E-state index contributed by atoms with van der Waals surface area (Å²) in [6, 6.07) is 7.34. The van der Waals surface area contributed by atoms with E-state index in [1.807, 2.05) is 24.4 Å². The molecule has 0 spiro atoms. The summed E-state index contributed by atoms with van der Waals surface area (Å²) in [6.07, 6.45) is 0.582. The Labute approximate surface area is 140 Å². The van der Waals surface area contributed by atoms with E-state index in [2.05, 4.69) is 15.0 Å². The first-order valence-electron chi connectivity index (χ1n) is 7.19. The molecule has 0 bridgehead atoms. The molecule has 0 aliphatic carbocycles. The summed E-state index contributed by atoms with van der Waals surface area (Å²) in [7, 11) is -3.23. The van der Waals surface area contributed by atoms with Crippen molar-refractivity contribution in [3.8, 4) is 11.3 Å². The Bertz CT molecular complexity index is 768. The number of hydrogen-bond acceptors (Lipinski definition) is 5. The number of amides is 1. The summed E-state index contributed by atoms with van der Waals surface area (Å²) in [4.78, 5) is 15.4. The highest BCUT2D eigenvalue weighted by molar-refractivity contribution is 7.89. The molecular formula is C15H19N3O3S2. The summed E-state index contributed by atoms with van der Waals surface area (Å²) in [6.45, 7) is 3.49. The number of nitrogens with one attached hydrogen (secondary N) is 2. The third kappa shape index (κ3) is 5.42. The predicted molar refractivity (Wildman–Crippen MR) is 92.8 cm³/mol. The van der Waals surface area contributed by atoms with Crippen LogP contribution in [-0.4, -0.2) is 25.1 Å². The molecule has 23 heavy (non-hydrogen) atoms. The second-order valence-corrected chi connectivity index (χ2v) is 7.89. The van der Waals surface area contributed by atoms with Crippen LogP contribution in [0.25, 0.3) is 11.3 Å². The van der Waals surface area contributed by atoms with Gasteiger partial charge in [-0.2, -0.15) is 0 Å². The minimum Gasteiger partial charge on any atom is -0.326 e. The fourth-order valence-electron chi connectivity index (χ4n) is 1.96. The van der Waals surface area contributed by atoms with E-state index >= 15 is 0 Å². The van der Waals surface area contributed by atoms with Crippen LogP contribution < -0.4 is 10.0 Å². The van der Waals surface area contributed by atoms with Crippen molar-refractivity contribution in [2.45, 2.75) is 26.8 Å². The molecule has 0 aliphatic rings. The molecular weight excluding hydrogens is 334 g/mol. The van der Waals surface area contributed by atoms with Crippen LogP contribution >= 0.6 is 11.3 Å². The van der Waals surface area contributed by atoms with Gasteiger partial charge in [0.25, 0.3) is 0 Å². The minimum absolute atomic E-state index is 0.118. The van der Waals surface area contributed by atoms with Crippen LogP contribution in [-0.2, 0) is 21.4 Å². The molecule has 1 heterocycles. The molecule has 0 radical (unpaired) electrons. The van der Waals surface area contributed by atoms with Gasteiger partial charge >= 0.3 is 0 Å². The Kier molecular flexibility index (Phi) is 5.86. The standard InChI is InChI=1S/C15H19N3O3S2/c1-3-8-23(20,21)16-9-15-18-14(10-22-15)12-4-6-13(7-5-12)17-11(2)19/h4-7,10,16H,3,8-9H2,1-2H3,(H,17,19). The molecule has 1 aromatic carbocycles. The third-order valence-corrected chi connectivity index (χ3v) is 5.35. The molecule has 8 heteroatoms. The number of aromatic nitrogens is 1. The largest absolute Gasteiger partial charge is 0.326 e. The molecule has 0 aliphatic heterocycles. The number of hydrogen-bond donors (Lipinski definition) is 2. The highest BCUT2D eigenvalue weighted by Crippen LogP contribution is 2.23. The minimum atomic E-state index is -3.23. The van der Waals surface area contributed by atoms with Gasteiger partial charge in [-0.1, -0.05) is 19.1 Å². The molecule has 2 N–H and O–H groups in total. The smallest absolute Gasteiger partial charge is 0.221 e. The number of anilines is 1. The molecule has 1 amide bonds. The molecule has 2 aromatic rings. The Balaban J connectivity index is 2.03. The van der Waals surface area contributed by atoms with Gasteiger partial charge < -0.3 is 5.32 Å². The fraction of sp³-hybridized carbons (Fsp3) is 0.333. The van der Waals surface area contributed by atoms with Gasteiger partial charge in [0, 0.05) is 23.6 Å². The van der Waals surface area contributed by atoms with Crippen molar-refractivity contribution in [2.24, 2.45) is 0 Å². The van der Waals surface area contributed by atoms with Crippen LogP contribution in [0, 0.1) is 0 Å². The van der Waals surface area contributed by atoms with Gasteiger partial charge in [0.15, 0.2) is 0 Å². The zero-order chi connectivity index (χ0) is 16.9. The first-order valence-corrected chi connectivity index (χ1v) is 9.72. The lowest BCUT2D eigenvalue weighted by molar-refractivity contribution is -0.114. The topological polar surface area (TPSA) is 88.2 Å². The lowest BCUT2D eigenvalue weighted by Crippen LogP contribution is -2.25. The van der Waals surface area contributed by atoms with Crippen molar-refractivity contribution >= 4 is 33.0 Å². The summed E-state index contributed by atoms with van der Waals surface area (Å²) < 4.78 is 25.8. The van der Waals surface area contributed by atoms with Gasteiger partial charge in [-0.15, -0.1) is 11.3 Å². The lowest BCUT2D eigenvalue weighted by atomic mass is 10.1. The Morgan fingerprint density at radius 3 is 2.57 bits per heavy atom. The maximum absolute atomic E-state index is 11.6. The molecule has 0 unspecified atom stereocenters. The van der Waals surface area contributed by atoms with Gasteiger partial charge in [-0.05, 0) is 18.6 Å². The van der Waals surface area contributed by atoms with E-state index in [0.717, 1.165) is 16.9 Å².